The summed E-state index contributed by atoms with van der Waals surface area (Å²) in [5.41, 5.74) is 0.290. The Balaban J connectivity index is 2.18. The Hall–Kier alpha value is -1.17. The van der Waals surface area contributed by atoms with E-state index in [0.29, 0.717) is 31.3 Å². The fraction of sp³-hybridized carbons (Fsp3) is 0.762. The second-order valence-electron chi connectivity index (χ2n) is 8.41. The molecule has 148 valence electrons. The zero-order chi connectivity index (χ0) is 19.5. The van der Waals surface area contributed by atoms with Crippen molar-refractivity contribution in [1.82, 2.24) is 0 Å². The average Bonchev–Trinajstić information content (AvgIpc) is 3.23. The first-order valence-electron chi connectivity index (χ1n) is 9.60. The summed E-state index contributed by atoms with van der Waals surface area (Å²) in [5, 5.41) is 21.1. The van der Waals surface area contributed by atoms with Crippen molar-refractivity contribution >= 4 is 5.97 Å². The lowest BCUT2D eigenvalue weighted by Gasteiger charge is -2.31. The van der Waals surface area contributed by atoms with Crippen molar-refractivity contribution in [1.29, 1.82) is 0 Å². The second-order valence-corrected chi connectivity index (χ2v) is 8.41. The van der Waals surface area contributed by atoms with Crippen molar-refractivity contribution < 1.29 is 24.5 Å². The number of carbonyl (C=O) groups excluding carboxylic acids is 1. The van der Waals surface area contributed by atoms with Gasteiger partial charge in [0.15, 0.2) is 0 Å². The van der Waals surface area contributed by atoms with Gasteiger partial charge in [-0.3, -0.25) is 0 Å². The number of aliphatic hydroxyl groups is 2. The Bertz CT molecular complexity index is 565. The number of fused-ring (bicyclic) bond motifs is 1. The van der Waals surface area contributed by atoms with Crippen LogP contribution >= 0.6 is 0 Å². The lowest BCUT2D eigenvalue weighted by molar-refractivity contribution is -0.136. The summed E-state index contributed by atoms with van der Waals surface area (Å²) in [6.07, 6.45) is 6.25. The summed E-state index contributed by atoms with van der Waals surface area (Å²) in [5.74, 6) is -0.551. The highest BCUT2D eigenvalue weighted by Crippen LogP contribution is 2.46. The van der Waals surface area contributed by atoms with E-state index in [1.807, 2.05) is 0 Å². The van der Waals surface area contributed by atoms with E-state index in [4.69, 9.17) is 9.47 Å². The number of rotatable bonds is 2. The van der Waals surface area contributed by atoms with Crippen molar-refractivity contribution in [2.45, 2.75) is 89.1 Å². The van der Waals surface area contributed by atoms with Gasteiger partial charge in [0.2, 0.25) is 0 Å². The maximum atomic E-state index is 12.0. The molecule has 1 heterocycles. The van der Waals surface area contributed by atoms with Gasteiger partial charge >= 0.3 is 5.97 Å². The highest BCUT2D eigenvalue weighted by Gasteiger charge is 2.52. The van der Waals surface area contributed by atoms with Crippen LogP contribution in [0.2, 0.25) is 0 Å². The van der Waals surface area contributed by atoms with Crippen LogP contribution in [0.15, 0.2) is 23.8 Å². The molecule has 2 N–H and O–H groups in total. The molecular formula is C21H34O5. The molecule has 0 radical (unpaired) electrons. The maximum absolute atomic E-state index is 12.0. The van der Waals surface area contributed by atoms with Crippen LogP contribution in [0.5, 0.6) is 0 Å². The largest absolute Gasteiger partial charge is 0.466 e. The first-order valence-corrected chi connectivity index (χ1v) is 9.60. The molecule has 5 atom stereocenters. The summed E-state index contributed by atoms with van der Waals surface area (Å²) in [4.78, 5) is 12.0. The van der Waals surface area contributed by atoms with E-state index in [-0.39, 0.29) is 17.6 Å². The van der Waals surface area contributed by atoms with E-state index >= 15 is 0 Å². The Morgan fingerprint density at radius 1 is 1.35 bits per heavy atom. The molecule has 26 heavy (non-hydrogen) atoms. The van der Waals surface area contributed by atoms with E-state index in [1.165, 1.54) is 12.7 Å². The summed E-state index contributed by atoms with van der Waals surface area (Å²) < 4.78 is 10.8. The minimum atomic E-state index is -1.20. The molecule has 1 saturated heterocycles. The summed E-state index contributed by atoms with van der Waals surface area (Å²) in [6.45, 7) is 9.77. The molecule has 5 nitrogen and oxygen atoms in total. The highest BCUT2D eigenvalue weighted by atomic mass is 16.6. The smallest absolute Gasteiger partial charge is 0.333 e. The van der Waals surface area contributed by atoms with Crippen LogP contribution in [0, 0.1) is 5.92 Å². The molecule has 0 aromatic heterocycles. The summed E-state index contributed by atoms with van der Waals surface area (Å²) in [7, 11) is 1.35. The van der Waals surface area contributed by atoms with Gasteiger partial charge in [-0.1, -0.05) is 18.2 Å². The fourth-order valence-electron chi connectivity index (χ4n) is 3.81. The van der Waals surface area contributed by atoms with Crippen molar-refractivity contribution in [3.8, 4) is 0 Å². The Labute approximate surface area is 157 Å². The van der Waals surface area contributed by atoms with Crippen molar-refractivity contribution in [2.75, 3.05) is 7.11 Å². The van der Waals surface area contributed by atoms with Crippen LogP contribution in [0.1, 0.15) is 65.7 Å². The molecule has 1 aliphatic heterocycles. The molecule has 0 unspecified atom stereocenters. The van der Waals surface area contributed by atoms with Crippen molar-refractivity contribution in [3.63, 3.8) is 0 Å². The Morgan fingerprint density at radius 2 is 2.04 bits per heavy atom. The van der Waals surface area contributed by atoms with Gasteiger partial charge in [-0.15, -0.1) is 0 Å². The van der Waals surface area contributed by atoms with E-state index < -0.39 is 17.7 Å². The predicted molar refractivity (Wildman–Crippen MR) is 101 cm³/mol. The lowest BCUT2D eigenvalue weighted by atomic mass is 9.81. The van der Waals surface area contributed by atoms with Crippen LogP contribution in [0.4, 0.5) is 0 Å². The van der Waals surface area contributed by atoms with E-state index in [0.717, 1.165) is 19.3 Å². The molecule has 0 aromatic rings. The monoisotopic (exact) mass is 366 g/mol. The average molecular weight is 366 g/mol. The highest BCUT2D eigenvalue weighted by molar-refractivity contribution is 5.88. The maximum Gasteiger partial charge on any atom is 0.333 e. The molecule has 0 amide bonds. The number of hydrogen-bond donors (Lipinski definition) is 2. The Morgan fingerprint density at radius 3 is 2.69 bits per heavy atom. The Kier molecular flexibility index (Phi) is 6.70. The molecule has 0 bridgehead atoms. The molecule has 5 heteroatoms. The van der Waals surface area contributed by atoms with Gasteiger partial charge in [0.05, 0.1) is 30.5 Å². The van der Waals surface area contributed by atoms with Gasteiger partial charge in [-0.05, 0) is 71.6 Å². The number of esters is 1. The number of ether oxygens (including phenoxy) is 2. The molecule has 0 saturated carbocycles. The van der Waals surface area contributed by atoms with Crippen LogP contribution in [-0.4, -0.2) is 46.7 Å². The number of aliphatic hydroxyl groups excluding tert-OH is 1. The number of hydrogen-bond acceptors (Lipinski definition) is 5. The van der Waals surface area contributed by atoms with Gasteiger partial charge in [-0.2, -0.15) is 0 Å². The zero-order valence-electron chi connectivity index (χ0n) is 16.6. The third-order valence-electron chi connectivity index (χ3n) is 6.14. The third kappa shape index (κ3) is 5.18. The SMILES string of the molecule is C=C(C(=O)OC)[C@@H]1CC[C@@](C)(O)[C@H](O)CC/C(C)=C/CC[C@]2(C)O[C@H]2C1. The number of carbonyl (C=O) groups is 1. The number of epoxide rings is 1. The minimum absolute atomic E-state index is 0.0837. The van der Waals surface area contributed by atoms with Crippen LogP contribution in [0.25, 0.3) is 0 Å². The van der Waals surface area contributed by atoms with Gasteiger partial charge in [-0.25, -0.2) is 4.79 Å². The lowest BCUT2D eigenvalue weighted by Crippen LogP contribution is -2.40. The number of methoxy groups -OCH3 is 1. The molecule has 0 aromatic carbocycles. The third-order valence-corrected chi connectivity index (χ3v) is 6.14. The normalized spacial score (nSPS) is 41.2. The summed E-state index contributed by atoms with van der Waals surface area (Å²) in [6, 6.07) is 0. The quantitative estimate of drug-likeness (QED) is 0.339. The van der Waals surface area contributed by atoms with Crippen LogP contribution in [0.3, 0.4) is 0 Å². The summed E-state index contributed by atoms with van der Waals surface area (Å²) >= 11 is 0. The minimum Gasteiger partial charge on any atom is -0.466 e. The van der Waals surface area contributed by atoms with Gasteiger partial charge in [0, 0.05) is 5.57 Å². The van der Waals surface area contributed by atoms with Crippen molar-refractivity contribution in [3.05, 3.63) is 23.8 Å². The molecule has 0 spiro atoms. The zero-order valence-corrected chi connectivity index (χ0v) is 16.6. The van der Waals surface area contributed by atoms with Gasteiger partial charge < -0.3 is 19.7 Å². The number of allylic oxidation sites excluding steroid dienone is 2. The molecule has 2 rings (SSSR count). The first kappa shape index (κ1) is 21.1. The molecule has 1 aliphatic carbocycles. The van der Waals surface area contributed by atoms with Crippen molar-refractivity contribution in [2.24, 2.45) is 5.92 Å². The van der Waals surface area contributed by atoms with Gasteiger partial charge in [0.25, 0.3) is 0 Å². The topological polar surface area (TPSA) is 79.3 Å². The first-order chi connectivity index (χ1) is 12.1. The molecule has 2 aliphatic rings. The van der Waals surface area contributed by atoms with Crippen LogP contribution < -0.4 is 0 Å². The second kappa shape index (κ2) is 8.24. The van der Waals surface area contributed by atoms with Crippen LogP contribution in [-0.2, 0) is 14.3 Å². The van der Waals surface area contributed by atoms with E-state index in [9.17, 15) is 15.0 Å². The fourth-order valence-corrected chi connectivity index (χ4v) is 3.81. The molecule has 1 fully saturated rings. The predicted octanol–water partition coefficient (Wildman–Crippen LogP) is 3.29. The van der Waals surface area contributed by atoms with Gasteiger partial charge in [0.1, 0.15) is 0 Å². The standard InChI is InChI=1S/C21H34O5/c1-14-7-6-11-21(4)18(26-21)13-16(15(2)19(23)25-5)10-12-20(3,24)17(22)9-8-14/h7,16-18,22,24H,2,6,8-13H2,1,3-5H3/b14-7+/t16-,17-,18+,20-,21+/m1/s1. The van der Waals surface area contributed by atoms with E-state index in [2.05, 4.69) is 26.5 Å². The molecular weight excluding hydrogens is 332 g/mol. The van der Waals surface area contributed by atoms with E-state index in [1.54, 1.807) is 6.92 Å².